The second-order valence-electron chi connectivity index (χ2n) is 7.94. The fourth-order valence-corrected chi connectivity index (χ4v) is 4.44. The average molecular weight is 404 g/mol. The molecule has 30 heavy (non-hydrogen) atoms. The van der Waals surface area contributed by atoms with Gasteiger partial charge in [-0.25, -0.2) is 4.39 Å². The Hall–Kier alpha value is -3.45. The van der Waals surface area contributed by atoms with Gasteiger partial charge in [-0.15, -0.1) is 0 Å². The fourth-order valence-electron chi connectivity index (χ4n) is 4.44. The van der Waals surface area contributed by atoms with E-state index < -0.39 is 5.82 Å². The molecular weight excluding hydrogens is 383 g/mol. The first kappa shape index (κ1) is 18.6. The van der Waals surface area contributed by atoms with Crippen molar-refractivity contribution in [1.82, 2.24) is 19.8 Å². The quantitative estimate of drug-likeness (QED) is 0.538. The Bertz CT molecular complexity index is 1320. The van der Waals surface area contributed by atoms with E-state index in [0.29, 0.717) is 29.6 Å². The van der Waals surface area contributed by atoms with Gasteiger partial charge < -0.3 is 14.9 Å². The van der Waals surface area contributed by atoms with E-state index in [2.05, 4.69) is 14.9 Å². The lowest BCUT2D eigenvalue weighted by Crippen LogP contribution is -2.42. The number of halogens is 1. The molecule has 1 aliphatic rings. The molecule has 152 valence electrons. The summed E-state index contributed by atoms with van der Waals surface area (Å²) in [6, 6.07) is 13.6. The Kier molecular flexibility index (Phi) is 4.22. The first-order chi connectivity index (χ1) is 14.4. The van der Waals surface area contributed by atoms with Gasteiger partial charge in [0.1, 0.15) is 11.5 Å². The van der Waals surface area contributed by atoms with Crippen LogP contribution in [0.1, 0.15) is 27.8 Å². The summed E-state index contributed by atoms with van der Waals surface area (Å²) >= 11 is 0. The number of rotatable bonds is 2. The number of para-hydroxylation sites is 1. The van der Waals surface area contributed by atoms with Crippen LogP contribution >= 0.6 is 0 Å². The second-order valence-corrected chi connectivity index (χ2v) is 7.94. The average Bonchev–Trinajstić information content (AvgIpc) is 3.16. The van der Waals surface area contributed by atoms with Gasteiger partial charge in [0.25, 0.3) is 11.5 Å². The highest BCUT2D eigenvalue weighted by Gasteiger charge is 2.32. The molecule has 0 bridgehead atoms. The predicted octanol–water partition coefficient (Wildman–Crippen LogP) is 3.41. The summed E-state index contributed by atoms with van der Waals surface area (Å²) in [6.07, 6.45) is 0. The van der Waals surface area contributed by atoms with Crippen LogP contribution in [0.5, 0.6) is 0 Å². The number of aromatic amines is 2. The number of pyridine rings is 1. The molecule has 0 fully saturated rings. The van der Waals surface area contributed by atoms with E-state index in [4.69, 9.17) is 0 Å². The van der Waals surface area contributed by atoms with Crippen LogP contribution in [0.15, 0.2) is 53.3 Å². The molecule has 2 N–H and O–H groups in total. The van der Waals surface area contributed by atoms with Crippen molar-refractivity contribution in [3.05, 3.63) is 81.7 Å². The van der Waals surface area contributed by atoms with Gasteiger partial charge in [0.2, 0.25) is 0 Å². The molecule has 7 heteroatoms. The summed E-state index contributed by atoms with van der Waals surface area (Å²) in [5.41, 5.74) is 2.72. The summed E-state index contributed by atoms with van der Waals surface area (Å²) in [5.74, 6) is -0.598. The van der Waals surface area contributed by atoms with E-state index >= 15 is 0 Å². The third kappa shape index (κ3) is 2.90. The van der Waals surface area contributed by atoms with Crippen molar-refractivity contribution >= 4 is 27.6 Å². The molecule has 1 atom stereocenters. The molecule has 4 aromatic rings. The number of likely N-dealkylation sites (N-methyl/N-ethyl adjacent to an activating group) is 2. The molecule has 2 aromatic heterocycles. The van der Waals surface area contributed by atoms with Crippen molar-refractivity contribution in [3.63, 3.8) is 0 Å². The lowest BCUT2D eigenvalue weighted by atomic mass is 9.93. The zero-order valence-corrected chi connectivity index (χ0v) is 16.7. The number of hydrogen-bond acceptors (Lipinski definition) is 3. The minimum Gasteiger partial charge on any atom is -0.351 e. The standard InChI is InChI=1S/C23H21FN4O2/c1-27-11-19-21(15-8-7-14(24)10-16(15)22(29)26-19)20(12-27)28(2)23(30)18-9-13-5-3-4-6-17(13)25-18/h3-10,20,25H,11-12H2,1-2H3,(H,26,29). The van der Waals surface area contributed by atoms with E-state index in [9.17, 15) is 14.0 Å². The largest absolute Gasteiger partial charge is 0.351 e. The number of aromatic nitrogens is 2. The number of nitrogens with one attached hydrogen (secondary N) is 2. The van der Waals surface area contributed by atoms with Crippen LogP contribution in [0.25, 0.3) is 21.7 Å². The lowest BCUT2D eigenvalue weighted by Gasteiger charge is -2.37. The van der Waals surface area contributed by atoms with E-state index in [-0.39, 0.29) is 17.5 Å². The first-order valence-electron chi connectivity index (χ1n) is 9.80. The molecule has 0 spiro atoms. The monoisotopic (exact) mass is 404 g/mol. The van der Waals surface area contributed by atoms with E-state index in [0.717, 1.165) is 22.2 Å². The van der Waals surface area contributed by atoms with Gasteiger partial charge in [-0.1, -0.05) is 24.3 Å². The van der Waals surface area contributed by atoms with Crippen LogP contribution in [0.3, 0.4) is 0 Å². The highest BCUT2D eigenvalue weighted by Crippen LogP contribution is 2.34. The number of benzene rings is 2. The van der Waals surface area contributed by atoms with Crippen LogP contribution in [0, 0.1) is 5.82 Å². The van der Waals surface area contributed by atoms with Crippen LogP contribution in [0.2, 0.25) is 0 Å². The Morgan fingerprint density at radius 3 is 2.73 bits per heavy atom. The molecule has 0 saturated carbocycles. The van der Waals surface area contributed by atoms with Gasteiger partial charge in [0.15, 0.2) is 0 Å². The number of H-pyrrole nitrogens is 2. The third-order valence-electron chi connectivity index (χ3n) is 5.90. The van der Waals surface area contributed by atoms with Crippen molar-refractivity contribution in [2.24, 2.45) is 0 Å². The Morgan fingerprint density at radius 2 is 1.93 bits per heavy atom. The highest BCUT2D eigenvalue weighted by molar-refractivity contribution is 5.98. The smallest absolute Gasteiger partial charge is 0.270 e. The van der Waals surface area contributed by atoms with E-state index in [1.54, 1.807) is 18.0 Å². The van der Waals surface area contributed by atoms with Crippen molar-refractivity contribution in [2.75, 3.05) is 20.6 Å². The van der Waals surface area contributed by atoms with E-state index in [1.807, 2.05) is 37.4 Å². The Labute approximate surface area is 171 Å². The Morgan fingerprint density at radius 1 is 1.13 bits per heavy atom. The second kappa shape index (κ2) is 6.81. The number of nitrogens with zero attached hydrogens (tertiary/aromatic N) is 2. The highest BCUT2D eigenvalue weighted by atomic mass is 19.1. The van der Waals surface area contributed by atoms with Gasteiger partial charge in [-0.2, -0.15) is 0 Å². The maximum atomic E-state index is 13.8. The van der Waals surface area contributed by atoms with Crippen LogP contribution < -0.4 is 5.56 Å². The molecule has 0 radical (unpaired) electrons. The predicted molar refractivity (Wildman–Crippen MR) is 114 cm³/mol. The molecule has 0 aliphatic carbocycles. The van der Waals surface area contributed by atoms with Gasteiger partial charge in [-0.05, 0) is 36.7 Å². The normalized spacial score (nSPS) is 16.7. The molecule has 5 rings (SSSR count). The van der Waals surface area contributed by atoms with Gasteiger partial charge >= 0.3 is 0 Å². The topological polar surface area (TPSA) is 72.2 Å². The molecule has 3 heterocycles. The number of amides is 1. The summed E-state index contributed by atoms with van der Waals surface area (Å²) in [6.45, 7) is 1.16. The fraction of sp³-hybridized carbons (Fsp3) is 0.217. The number of carbonyl (C=O) groups excluding carboxylic acids is 1. The molecule has 1 amide bonds. The van der Waals surface area contributed by atoms with Crippen LogP contribution in [0.4, 0.5) is 4.39 Å². The molecule has 2 aromatic carbocycles. The molecule has 1 aliphatic heterocycles. The Balaban J connectivity index is 1.63. The summed E-state index contributed by atoms with van der Waals surface area (Å²) in [5, 5.41) is 1.96. The maximum absolute atomic E-state index is 13.8. The maximum Gasteiger partial charge on any atom is 0.270 e. The van der Waals surface area contributed by atoms with Crippen molar-refractivity contribution < 1.29 is 9.18 Å². The van der Waals surface area contributed by atoms with Gasteiger partial charge in [0.05, 0.1) is 11.4 Å². The molecular formula is C23H21FN4O2. The first-order valence-corrected chi connectivity index (χ1v) is 9.80. The molecule has 0 saturated heterocycles. The minimum absolute atomic E-state index is 0.140. The summed E-state index contributed by atoms with van der Waals surface area (Å²) in [4.78, 5) is 35.7. The minimum atomic E-state index is -0.458. The summed E-state index contributed by atoms with van der Waals surface area (Å²) < 4.78 is 13.8. The lowest BCUT2D eigenvalue weighted by molar-refractivity contribution is 0.0672. The zero-order chi connectivity index (χ0) is 21.0. The number of carbonyl (C=O) groups is 1. The third-order valence-corrected chi connectivity index (χ3v) is 5.90. The number of fused-ring (bicyclic) bond motifs is 4. The SMILES string of the molecule is CN1Cc2[nH]c(=O)c3cc(F)ccc3c2C(N(C)C(=O)c2cc3ccccc3[nH]2)C1. The van der Waals surface area contributed by atoms with Gasteiger partial charge in [-0.3, -0.25) is 14.5 Å². The van der Waals surface area contributed by atoms with Crippen LogP contribution in [-0.4, -0.2) is 46.3 Å². The molecule has 1 unspecified atom stereocenters. The summed E-state index contributed by atoms with van der Waals surface area (Å²) in [7, 11) is 3.71. The van der Waals surface area contributed by atoms with Gasteiger partial charge in [0, 0.05) is 42.3 Å². The van der Waals surface area contributed by atoms with Crippen molar-refractivity contribution in [3.8, 4) is 0 Å². The van der Waals surface area contributed by atoms with E-state index in [1.165, 1.54) is 12.1 Å². The molecule has 6 nitrogen and oxygen atoms in total. The van der Waals surface area contributed by atoms with Crippen molar-refractivity contribution in [2.45, 2.75) is 12.6 Å². The number of hydrogen-bond donors (Lipinski definition) is 2. The van der Waals surface area contributed by atoms with Crippen LogP contribution in [-0.2, 0) is 6.54 Å². The zero-order valence-electron chi connectivity index (χ0n) is 16.7. The van der Waals surface area contributed by atoms with Crippen molar-refractivity contribution in [1.29, 1.82) is 0 Å².